The van der Waals surface area contributed by atoms with Gasteiger partial charge in [0.05, 0.1) is 12.8 Å². The van der Waals surface area contributed by atoms with Gasteiger partial charge < -0.3 is 19.8 Å². The molecule has 1 fully saturated rings. The lowest BCUT2D eigenvalue weighted by atomic mass is 10.1. The molecule has 1 unspecified atom stereocenters. The Bertz CT molecular complexity index is 982. The molecule has 1 aliphatic heterocycles. The van der Waals surface area contributed by atoms with Crippen molar-refractivity contribution >= 4 is 11.8 Å². The van der Waals surface area contributed by atoms with E-state index in [1.165, 1.54) is 12.3 Å². The Morgan fingerprint density at radius 2 is 2.18 bits per heavy atom. The third kappa shape index (κ3) is 3.73. The highest BCUT2D eigenvalue weighted by Crippen LogP contribution is 2.22. The van der Waals surface area contributed by atoms with Crippen LogP contribution in [0.3, 0.4) is 0 Å². The first-order valence-electron chi connectivity index (χ1n) is 8.91. The van der Waals surface area contributed by atoms with E-state index in [0.29, 0.717) is 36.0 Å². The molecule has 4 heterocycles. The summed E-state index contributed by atoms with van der Waals surface area (Å²) in [6.07, 6.45) is 4.45. The summed E-state index contributed by atoms with van der Waals surface area (Å²) in [7, 11) is 0. The normalized spacial score (nSPS) is 16.7. The highest BCUT2D eigenvalue weighted by molar-refractivity contribution is 5.93. The van der Waals surface area contributed by atoms with Gasteiger partial charge in [0, 0.05) is 24.9 Å². The molecule has 4 rings (SSSR count). The summed E-state index contributed by atoms with van der Waals surface area (Å²) in [6.45, 7) is 1.06. The number of hydrogen-bond acceptors (Lipinski definition) is 6. The SMILES string of the molecule is NC(=O)c1cc(OC2CCCN(C(=O)c3cc(-c4ccco4)[nH]n3)C2)ccn1. The van der Waals surface area contributed by atoms with Crippen LogP contribution in [0.15, 0.2) is 47.2 Å². The van der Waals surface area contributed by atoms with Gasteiger partial charge in [-0.05, 0) is 31.0 Å². The van der Waals surface area contributed by atoms with Crippen molar-refractivity contribution in [1.82, 2.24) is 20.1 Å². The minimum atomic E-state index is -0.614. The number of amides is 2. The smallest absolute Gasteiger partial charge is 0.274 e. The molecule has 0 bridgehead atoms. The van der Waals surface area contributed by atoms with E-state index in [2.05, 4.69) is 15.2 Å². The van der Waals surface area contributed by atoms with Gasteiger partial charge in [0.2, 0.25) is 0 Å². The third-order valence-electron chi connectivity index (χ3n) is 4.54. The summed E-state index contributed by atoms with van der Waals surface area (Å²) < 4.78 is 11.3. The summed E-state index contributed by atoms with van der Waals surface area (Å²) in [4.78, 5) is 29.7. The maximum absolute atomic E-state index is 12.8. The van der Waals surface area contributed by atoms with Crippen LogP contribution in [0, 0.1) is 0 Å². The van der Waals surface area contributed by atoms with Gasteiger partial charge in [-0.2, -0.15) is 5.10 Å². The number of furan rings is 1. The number of nitrogens with two attached hydrogens (primary N) is 1. The number of aromatic amines is 1. The monoisotopic (exact) mass is 381 g/mol. The molecule has 3 aromatic heterocycles. The van der Waals surface area contributed by atoms with Crippen LogP contribution in [0.25, 0.3) is 11.5 Å². The van der Waals surface area contributed by atoms with E-state index in [9.17, 15) is 9.59 Å². The zero-order valence-corrected chi connectivity index (χ0v) is 15.0. The lowest BCUT2D eigenvalue weighted by Crippen LogP contribution is -2.44. The van der Waals surface area contributed by atoms with Crippen LogP contribution in [-0.2, 0) is 0 Å². The molecular weight excluding hydrogens is 362 g/mol. The Morgan fingerprint density at radius 1 is 1.29 bits per heavy atom. The zero-order chi connectivity index (χ0) is 19.5. The maximum Gasteiger partial charge on any atom is 0.274 e. The van der Waals surface area contributed by atoms with Gasteiger partial charge in [-0.3, -0.25) is 19.7 Å². The second kappa shape index (κ2) is 7.55. The zero-order valence-electron chi connectivity index (χ0n) is 15.0. The Morgan fingerprint density at radius 3 is 2.96 bits per heavy atom. The van der Waals surface area contributed by atoms with Gasteiger partial charge in [-0.15, -0.1) is 0 Å². The molecule has 0 saturated carbocycles. The van der Waals surface area contributed by atoms with Gasteiger partial charge in [-0.25, -0.2) is 0 Å². The number of hydrogen-bond donors (Lipinski definition) is 2. The summed E-state index contributed by atoms with van der Waals surface area (Å²) in [6, 6.07) is 8.41. The average molecular weight is 381 g/mol. The van der Waals surface area contributed by atoms with Crippen molar-refractivity contribution in [3.63, 3.8) is 0 Å². The lowest BCUT2D eigenvalue weighted by molar-refractivity contribution is 0.0532. The van der Waals surface area contributed by atoms with Gasteiger partial charge in [0.25, 0.3) is 11.8 Å². The number of carbonyl (C=O) groups is 2. The average Bonchev–Trinajstić information content (AvgIpc) is 3.39. The quantitative estimate of drug-likeness (QED) is 0.694. The highest BCUT2D eigenvalue weighted by Gasteiger charge is 2.27. The van der Waals surface area contributed by atoms with Crippen molar-refractivity contribution < 1.29 is 18.7 Å². The van der Waals surface area contributed by atoms with Gasteiger partial charge >= 0.3 is 0 Å². The number of ether oxygens (including phenoxy) is 1. The second-order valence-electron chi connectivity index (χ2n) is 6.52. The number of nitrogens with one attached hydrogen (secondary N) is 1. The van der Waals surface area contributed by atoms with E-state index in [0.717, 1.165) is 12.8 Å². The molecular formula is C19H19N5O4. The third-order valence-corrected chi connectivity index (χ3v) is 4.54. The Hall–Kier alpha value is -3.62. The fraction of sp³-hybridized carbons (Fsp3) is 0.263. The number of nitrogens with zero attached hydrogens (tertiary/aromatic N) is 3. The van der Waals surface area contributed by atoms with Crippen LogP contribution >= 0.6 is 0 Å². The molecule has 0 radical (unpaired) electrons. The number of H-pyrrole nitrogens is 1. The van der Waals surface area contributed by atoms with Crippen molar-refractivity contribution in [3.8, 4) is 17.2 Å². The van der Waals surface area contributed by atoms with Gasteiger partial charge in [0.15, 0.2) is 11.5 Å². The first kappa shape index (κ1) is 17.8. The molecule has 9 nitrogen and oxygen atoms in total. The van der Waals surface area contributed by atoms with Crippen LogP contribution in [0.4, 0.5) is 0 Å². The number of likely N-dealkylation sites (tertiary alicyclic amines) is 1. The minimum absolute atomic E-state index is 0.142. The fourth-order valence-electron chi connectivity index (χ4n) is 3.18. The van der Waals surface area contributed by atoms with Crippen molar-refractivity contribution in [1.29, 1.82) is 0 Å². The fourth-order valence-corrected chi connectivity index (χ4v) is 3.18. The van der Waals surface area contributed by atoms with Crippen LogP contribution in [0.1, 0.15) is 33.8 Å². The predicted octanol–water partition coefficient (Wildman–Crippen LogP) is 1.85. The number of aromatic nitrogens is 3. The largest absolute Gasteiger partial charge is 0.488 e. The van der Waals surface area contributed by atoms with Crippen LogP contribution < -0.4 is 10.5 Å². The van der Waals surface area contributed by atoms with E-state index < -0.39 is 5.91 Å². The van der Waals surface area contributed by atoms with Crippen molar-refractivity contribution in [3.05, 3.63) is 54.2 Å². The van der Waals surface area contributed by atoms with E-state index >= 15 is 0 Å². The van der Waals surface area contributed by atoms with E-state index in [1.54, 1.807) is 35.4 Å². The molecule has 1 aliphatic rings. The van der Waals surface area contributed by atoms with E-state index in [-0.39, 0.29) is 17.7 Å². The molecule has 9 heteroatoms. The summed E-state index contributed by atoms with van der Waals surface area (Å²) in [5, 5.41) is 6.93. The molecule has 0 spiro atoms. The molecule has 1 saturated heterocycles. The number of pyridine rings is 1. The summed E-state index contributed by atoms with van der Waals surface area (Å²) in [5.74, 6) is 0.337. The molecule has 144 valence electrons. The van der Waals surface area contributed by atoms with Crippen LogP contribution in [-0.4, -0.2) is 51.1 Å². The molecule has 3 aromatic rings. The predicted molar refractivity (Wildman–Crippen MR) is 98.6 cm³/mol. The first-order chi connectivity index (χ1) is 13.6. The van der Waals surface area contributed by atoms with Crippen LogP contribution in [0.5, 0.6) is 5.75 Å². The van der Waals surface area contributed by atoms with Crippen molar-refractivity contribution in [2.24, 2.45) is 5.73 Å². The molecule has 28 heavy (non-hydrogen) atoms. The van der Waals surface area contributed by atoms with Crippen molar-refractivity contribution in [2.45, 2.75) is 18.9 Å². The topological polar surface area (TPSA) is 127 Å². The standard InChI is InChI=1S/C19H19N5O4/c20-18(25)15-9-12(5-6-21-15)28-13-3-1-7-24(11-13)19(26)16-10-14(22-23-16)17-4-2-8-27-17/h2,4-6,8-10,13H,1,3,7,11H2,(H2,20,25)(H,22,23). The van der Waals surface area contributed by atoms with Gasteiger partial charge in [0.1, 0.15) is 23.2 Å². The summed E-state index contributed by atoms with van der Waals surface area (Å²) in [5.41, 5.74) is 6.37. The molecule has 0 aliphatic carbocycles. The number of carbonyl (C=O) groups excluding carboxylic acids is 2. The van der Waals surface area contributed by atoms with Crippen molar-refractivity contribution in [2.75, 3.05) is 13.1 Å². The Balaban J connectivity index is 1.43. The Kier molecular flexibility index (Phi) is 4.79. The maximum atomic E-state index is 12.8. The number of rotatable bonds is 5. The lowest BCUT2D eigenvalue weighted by Gasteiger charge is -2.32. The number of piperidine rings is 1. The molecule has 2 amide bonds. The summed E-state index contributed by atoms with van der Waals surface area (Å²) >= 11 is 0. The first-order valence-corrected chi connectivity index (χ1v) is 8.91. The second-order valence-corrected chi connectivity index (χ2v) is 6.52. The molecule has 3 N–H and O–H groups in total. The van der Waals surface area contributed by atoms with Gasteiger partial charge in [-0.1, -0.05) is 0 Å². The molecule has 1 atom stereocenters. The minimum Gasteiger partial charge on any atom is -0.488 e. The van der Waals surface area contributed by atoms with Crippen LogP contribution in [0.2, 0.25) is 0 Å². The highest BCUT2D eigenvalue weighted by atomic mass is 16.5. The number of primary amides is 1. The molecule has 0 aromatic carbocycles. The van der Waals surface area contributed by atoms with E-state index in [4.69, 9.17) is 14.9 Å². The van der Waals surface area contributed by atoms with E-state index in [1.807, 2.05) is 0 Å². The Labute approximate surface area is 160 Å².